The van der Waals surface area contributed by atoms with Crippen LogP contribution < -0.4 is 0 Å². The molecule has 2 heterocycles. The van der Waals surface area contributed by atoms with Crippen molar-refractivity contribution >= 4 is 86.8 Å². The summed E-state index contributed by atoms with van der Waals surface area (Å²) in [6, 6.07) is 66.5. The van der Waals surface area contributed by atoms with Gasteiger partial charge in [0, 0.05) is 32.6 Å². The molecule has 0 aliphatic carbocycles. The van der Waals surface area contributed by atoms with E-state index in [4.69, 9.17) is 4.42 Å². The Morgan fingerprint density at radius 2 is 0.870 bits per heavy atom. The van der Waals surface area contributed by atoms with Crippen molar-refractivity contribution in [3.8, 4) is 33.4 Å². The van der Waals surface area contributed by atoms with Crippen molar-refractivity contribution in [3.05, 3.63) is 182 Å². The van der Waals surface area contributed by atoms with Crippen LogP contribution in [0.2, 0.25) is 0 Å². The van der Waals surface area contributed by atoms with Gasteiger partial charge in [-0.15, -0.1) is 0 Å². The third-order valence-electron chi connectivity index (χ3n) is 11.6. The van der Waals surface area contributed by atoms with Gasteiger partial charge >= 0.3 is 0 Å². The third-order valence-corrected chi connectivity index (χ3v) is 11.6. The monoisotopic (exact) mass is 685 g/mol. The fourth-order valence-corrected chi connectivity index (χ4v) is 9.16. The molecule has 10 aromatic carbocycles. The highest BCUT2D eigenvalue weighted by atomic mass is 16.3. The maximum atomic E-state index is 6.48. The average molecular weight is 686 g/mol. The summed E-state index contributed by atoms with van der Waals surface area (Å²) in [7, 11) is 0. The normalized spacial score (nSPS) is 12.1. The lowest BCUT2D eigenvalue weighted by molar-refractivity contribution is 0.669. The first kappa shape index (κ1) is 29.4. The maximum absolute atomic E-state index is 6.48. The van der Waals surface area contributed by atoms with E-state index in [2.05, 4.69) is 187 Å². The summed E-state index contributed by atoms with van der Waals surface area (Å²) in [5.41, 5.74) is 11.4. The van der Waals surface area contributed by atoms with E-state index in [1.165, 1.54) is 92.6 Å². The van der Waals surface area contributed by atoms with Crippen molar-refractivity contribution in [3.63, 3.8) is 0 Å². The van der Waals surface area contributed by atoms with E-state index >= 15 is 0 Å². The van der Waals surface area contributed by atoms with Crippen LogP contribution in [0.3, 0.4) is 0 Å². The molecule has 54 heavy (non-hydrogen) atoms. The highest BCUT2D eigenvalue weighted by Crippen LogP contribution is 2.47. The van der Waals surface area contributed by atoms with Gasteiger partial charge in [-0.05, 0) is 113 Å². The summed E-state index contributed by atoms with van der Waals surface area (Å²) in [6.07, 6.45) is 0. The molecular weight excluding hydrogens is 655 g/mol. The molecule has 0 aliphatic rings. The first-order chi connectivity index (χ1) is 26.8. The zero-order valence-corrected chi connectivity index (χ0v) is 29.2. The molecule has 0 fully saturated rings. The minimum absolute atomic E-state index is 0.901. The van der Waals surface area contributed by atoms with Crippen LogP contribution in [0.4, 0.5) is 0 Å². The predicted octanol–water partition coefficient (Wildman–Crippen LogP) is 14.8. The van der Waals surface area contributed by atoms with Crippen LogP contribution in [0.25, 0.3) is 120 Å². The summed E-state index contributed by atoms with van der Waals surface area (Å²) in [5, 5.41) is 14.6. The second-order valence-electron chi connectivity index (χ2n) is 14.5. The van der Waals surface area contributed by atoms with Gasteiger partial charge < -0.3 is 9.40 Å². The van der Waals surface area contributed by atoms with Gasteiger partial charge in [-0.3, -0.25) is 0 Å². The first-order valence-corrected chi connectivity index (χ1v) is 18.6. The molecule has 1 N–H and O–H groups in total. The number of aromatic nitrogens is 1. The average Bonchev–Trinajstić information content (AvgIpc) is 3.80. The van der Waals surface area contributed by atoms with Crippen molar-refractivity contribution < 1.29 is 4.42 Å². The number of nitrogens with one attached hydrogen (secondary N) is 1. The fourth-order valence-electron chi connectivity index (χ4n) is 9.16. The number of rotatable bonds is 3. The molecule has 2 aromatic heterocycles. The summed E-state index contributed by atoms with van der Waals surface area (Å²) in [6.45, 7) is 0. The van der Waals surface area contributed by atoms with Crippen molar-refractivity contribution in [2.75, 3.05) is 0 Å². The van der Waals surface area contributed by atoms with E-state index in [0.717, 1.165) is 27.6 Å². The van der Waals surface area contributed by atoms with E-state index < -0.39 is 0 Å². The predicted molar refractivity (Wildman–Crippen MR) is 229 cm³/mol. The van der Waals surface area contributed by atoms with E-state index in [1.54, 1.807) is 0 Å². The Morgan fingerprint density at radius 3 is 1.72 bits per heavy atom. The Balaban J connectivity index is 1.20. The van der Waals surface area contributed by atoms with Gasteiger partial charge in [0.15, 0.2) is 0 Å². The lowest BCUT2D eigenvalue weighted by Crippen LogP contribution is -1.92. The fraction of sp³-hybridized carbons (Fsp3) is 0. The SMILES string of the molecule is c1ccc2c(-c3ccc4c(-c5ccc6c(c5)[nH]c5ccccc56)c5ccccc5c(-c5ccc6oc7ccc8ccccc8c7c6c5)c4c3)cccc2c1. The van der Waals surface area contributed by atoms with Gasteiger partial charge in [-0.2, -0.15) is 0 Å². The molecular formula is C52H31NO. The molecule has 0 saturated heterocycles. The largest absolute Gasteiger partial charge is 0.456 e. The van der Waals surface area contributed by atoms with Crippen LogP contribution >= 0.6 is 0 Å². The van der Waals surface area contributed by atoms with Gasteiger partial charge in [0.2, 0.25) is 0 Å². The van der Waals surface area contributed by atoms with Crippen LogP contribution in [-0.2, 0) is 0 Å². The minimum atomic E-state index is 0.901. The molecule has 0 atom stereocenters. The van der Waals surface area contributed by atoms with Gasteiger partial charge in [0.1, 0.15) is 11.2 Å². The Hall–Kier alpha value is -7.16. The number of furan rings is 1. The highest BCUT2D eigenvalue weighted by Gasteiger charge is 2.20. The van der Waals surface area contributed by atoms with Crippen LogP contribution in [0.1, 0.15) is 0 Å². The second kappa shape index (κ2) is 11.2. The molecule has 12 aromatic rings. The van der Waals surface area contributed by atoms with E-state index in [-0.39, 0.29) is 0 Å². The standard InChI is InChI=1S/C52H31NO/c1-3-13-36-31(10-1)12-9-18-37(36)33-20-25-43-44(28-33)51(34-23-26-48-45(29-34)52-38-14-4-2-11-32(38)22-27-49(52)54-48)42-17-6-5-16-41(42)50(43)35-21-24-40-39-15-7-8-19-46(39)53-47(40)30-35/h1-30,53H. The molecule has 0 unspecified atom stereocenters. The highest BCUT2D eigenvalue weighted by molar-refractivity contribution is 6.25. The minimum Gasteiger partial charge on any atom is -0.456 e. The van der Waals surface area contributed by atoms with Crippen LogP contribution in [0, 0.1) is 0 Å². The van der Waals surface area contributed by atoms with E-state index in [0.29, 0.717) is 0 Å². The summed E-state index contributed by atoms with van der Waals surface area (Å²) in [4.78, 5) is 3.70. The second-order valence-corrected chi connectivity index (χ2v) is 14.5. The molecule has 0 aliphatic heterocycles. The lowest BCUT2D eigenvalue weighted by Gasteiger charge is -2.19. The molecule has 0 radical (unpaired) electrons. The summed E-state index contributed by atoms with van der Waals surface area (Å²) < 4.78 is 6.48. The van der Waals surface area contributed by atoms with Gasteiger partial charge in [-0.1, -0.05) is 146 Å². The van der Waals surface area contributed by atoms with Gasteiger partial charge in [0.25, 0.3) is 0 Å². The Bertz CT molecular complexity index is 3500. The van der Waals surface area contributed by atoms with E-state index in [9.17, 15) is 0 Å². The van der Waals surface area contributed by atoms with Crippen LogP contribution in [0.5, 0.6) is 0 Å². The first-order valence-electron chi connectivity index (χ1n) is 18.6. The molecule has 0 amide bonds. The summed E-state index contributed by atoms with van der Waals surface area (Å²) in [5.74, 6) is 0. The molecule has 12 rings (SSSR count). The number of hydrogen-bond acceptors (Lipinski definition) is 1. The van der Waals surface area contributed by atoms with Gasteiger partial charge in [0.05, 0.1) is 0 Å². The van der Waals surface area contributed by atoms with Crippen molar-refractivity contribution in [2.45, 2.75) is 0 Å². The number of aromatic amines is 1. The summed E-state index contributed by atoms with van der Waals surface area (Å²) >= 11 is 0. The molecule has 2 nitrogen and oxygen atoms in total. The number of H-pyrrole nitrogens is 1. The number of hydrogen-bond donors (Lipinski definition) is 1. The van der Waals surface area contributed by atoms with Crippen molar-refractivity contribution in [1.82, 2.24) is 4.98 Å². The van der Waals surface area contributed by atoms with E-state index in [1.807, 2.05) is 0 Å². The zero-order valence-electron chi connectivity index (χ0n) is 29.2. The smallest absolute Gasteiger partial charge is 0.136 e. The third kappa shape index (κ3) is 4.22. The number of para-hydroxylation sites is 1. The molecule has 0 saturated carbocycles. The molecule has 0 spiro atoms. The van der Waals surface area contributed by atoms with Crippen molar-refractivity contribution in [2.24, 2.45) is 0 Å². The molecule has 250 valence electrons. The lowest BCUT2D eigenvalue weighted by atomic mass is 9.84. The van der Waals surface area contributed by atoms with Gasteiger partial charge in [-0.25, -0.2) is 0 Å². The van der Waals surface area contributed by atoms with Crippen LogP contribution in [0.15, 0.2) is 186 Å². The topological polar surface area (TPSA) is 28.9 Å². The number of fused-ring (bicyclic) bond motifs is 11. The quantitative estimate of drug-likeness (QED) is 0.184. The Labute approximate surface area is 310 Å². The Kier molecular flexibility index (Phi) is 6.09. The van der Waals surface area contributed by atoms with Crippen LogP contribution in [-0.4, -0.2) is 4.98 Å². The zero-order chi connectivity index (χ0) is 35.3. The Morgan fingerprint density at radius 1 is 0.315 bits per heavy atom. The number of benzene rings is 10. The molecule has 2 heteroatoms. The molecule has 0 bridgehead atoms. The van der Waals surface area contributed by atoms with Crippen molar-refractivity contribution in [1.29, 1.82) is 0 Å². The maximum Gasteiger partial charge on any atom is 0.136 e.